The molecule has 0 N–H and O–H groups in total. The van der Waals surface area contributed by atoms with Crippen molar-refractivity contribution < 1.29 is 33.0 Å². The predicted octanol–water partition coefficient (Wildman–Crippen LogP) is 4.23. The minimum Gasteiger partial charge on any atom is -0.497 e. The van der Waals surface area contributed by atoms with Gasteiger partial charge in [0.1, 0.15) is 29.9 Å². The molecule has 1 aliphatic carbocycles. The van der Waals surface area contributed by atoms with E-state index in [9.17, 15) is 14.4 Å². The molecule has 1 aromatic carbocycles. The Labute approximate surface area is 233 Å². The largest absolute Gasteiger partial charge is 0.497 e. The molecule has 1 saturated carbocycles. The molecule has 3 heterocycles. The Hall–Kier alpha value is -3.30. The molecule has 2 fully saturated rings. The lowest BCUT2D eigenvalue weighted by Crippen LogP contribution is -2.46. The number of amides is 1. The van der Waals surface area contributed by atoms with Gasteiger partial charge in [-0.1, -0.05) is 33.6 Å². The lowest BCUT2D eigenvalue weighted by molar-refractivity contribution is -0.153. The Morgan fingerprint density at radius 3 is 2.60 bits per heavy atom. The summed E-state index contributed by atoms with van der Waals surface area (Å²) < 4.78 is 32.9. The molecule has 9 nitrogen and oxygen atoms in total. The van der Waals surface area contributed by atoms with E-state index in [0.717, 1.165) is 32.1 Å². The van der Waals surface area contributed by atoms with Crippen LogP contribution in [0.5, 0.6) is 11.6 Å². The first-order valence-corrected chi connectivity index (χ1v) is 14.2. The fraction of sp³-hybridized carbons (Fsp3) is 0.633. The summed E-state index contributed by atoms with van der Waals surface area (Å²) in [6, 6.07) is 4.04. The molecule has 1 saturated heterocycles. The third-order valence-electron chi connectivity index (χ3n) is 8.35. The van der Waals surface area contributed by atoms with E-state index in [0.29, 0.717) is 41.1 Å². The molecular weight excluding hydrogens is 517 g/mol. The first-order chi connectivity index (χ1) is 19.1. The van der Waals surface area contributed by atoms with E-state index in [1.54, 1.807) is 13.2 Å². The molecule has 0 spiro atoms. The molecule has 216 valence electrons. The van der Waals surface area contributed by atoms with Crippen LogP contribution in [0.2, 0.25) is 0 Å². The number of hydrogen-bond acceptors (Lipinski definition) is 8. The highest BCUT2D eigenvalue weighted by atomic mass is 19.1. The lowest BCUT2D eigenvalue weighted by atomic mass is 9.77. The maximum atomic E-state index is 15.7. The molecule has 1 amide bonds. The van der Waals surface area contributed by atoms with E-state index in [1.807, 2.05) is 32.9 Å². The SMILES string of the molecule is COc1ccc2nc3c(nc2c1)O[C@H]1CN(C(=O)[C@H](C(C)(C)C)CC(=O)O[C@@H]2C[C@H]2CCCCC3)[C@H](C=O)[C@@H]1F. The number of carbonyl (C=O) groups excluding carboxylic acids is 3. The molecule has 40 heavy (non-hydrogen) atoms. The Bertz CT molecular complexity index is 1280. The number of hydrogen-bond donors (Lipinski definition) is 0. The van der Waals surface area contributed by atoms with Gasteiger partial charge < -0.3 is 23.9 Å². The minimum atomic E-state index is -1.76. The van der Waals surface area contributed by atoms with Crippen LogP contribution in [0.25, 0.3) is 11.0 Å². The van der Waals surface area contributed by atoms with Crippen molar-refractivity contribution in [2.45, 2.75) is 90.1 Å². The van der Waals surface area contributed by atoms with Crippen LogP contribution in [0.3, 0.4) is 0 Å². The van der Waals surface area contributed by atoms with Gasteiger partial charge in [0, 0.05) is 6.07 Å². The van der Waals surface area contributed by atoms with Gasteiger partial charge in [0.15, 0.2) is 12.3 Å². The quantitative estimate of drug-likeness (QED) is 0.400. The number of methoxy groups -OCH3 is 1. The van der Waals surface area contributed by atoms with E-state index in [2.05, 4.69) is 4.98 Å². The second kappa shape index (κ2) is 11.3. The van der Waals surface area contributed by atoms with Gasteiger partial charge in [-0.05, 0) is 49.1 Å². The summed E-state index contributed by atoms with van der Waals surface area (Å²) in [4.78, 5) is 49.4. The normalized spacial score (nSPS) is 29.9. The van der Waals surface area contributed by atoms with Crippen molar-refractivity contribution in [2.75, 3.05) is 13.7 Å². The number of alkyl halides is 1. The monoisotopic (exact) mass is 555 g/mol. The molecule has 2 aliphatic heterocycles. The van der Waals surface area contributed by atoms with E-state index in [4.69, 9.17) is 19.2 Å². The van der Waals surface area contributed by atoms with Crippen molar-refractivity contribution in [3.8, 4) is 11.6 Å². The van der Waals surface area contributed by atoms with Gasteiger partial charge >= 0.3 is 5.97 Å². The number of aldehydes is 1. The zero-order chi connectivity index (χ0) is 28.6. The number of aromatic nitrogens is 2. The standard InChI is InChI=1S/C30H38FN3O6/c1-30(2,3)19-14-26(36)39-24-12-17(24)8-6-5-7-9-21-28(33-22-13-18(38-4)10-11-20(22)32-21)40-25-15-34(29(19)37)23(16-35)27(25)31/h10-11,13,16-17,19,23-25,27H,5-9,12,14-15H2,1-4H3/t17-,19-,23-,24-,25+,27+/m1/s1. The number of carbonyl (C=O) groups is 3. The maximum Gasteiger partial charge on any atom is 0.306 e. The van der Waals surface area contributed by atoms with Gasteiger partial charge in [0.2, 0.25) is 11.8 Å². The summed E-state index contributed by atoms with van der Waals surface area (Å²) in [5.41, 5.74) is 1.21. The van der Waals surface area contributed by atoms with Crippen LogP contribution < -0.4 is 9.47 Å². The van der Waals surface area contributed by atoms with Gasteiger partial charge in [-0.25, -0.2) is 14.4 Å². The Morgan fingerprint density at radius 1 is 1.07 bits per heavy atom. The first-order valence-electron chi connectivity index (χ1n) is 14.2. The van der Waals surface area contributed by atoms with Crippen molar-refractivity contribution in [1.29, 1.82) is 0 Å². The fourth-order valence-corrected chi connectivity index (χ4v) is 5.77. The average molecular weight is 556 g/mol. The van der Waals surface area contributed by atoms with Gasteiger partial charge in [-0.15, -0.1) is 0 Å². The molecule has 3 aliphatic rings. The highest BCUT2D eigenvalue weighted by molar-refractivity contribution is 5.87. The summed E-state index contributed by atoms with van der Waals surface area (Å²) in [7, 11) is 1.56. The predicted molar refractivity (Wildman–Crippen MR) is 145 cm³/mol. The lowest BCUT2D eigenvalue weighted by Gasteiger charge is -2.33. The minimum absolute atomic E-state index is 0.112. The fourth-order valence-electron chi connectivity index (χ4n) is 5.77. The second-order valence-electron chi connectivity index (χ2n) is 12.3. The van der Waals surface area contributed by atoms with Crippen molar-refractivity contribution in [3.63, 3.8) is 0 Å². The van der Waals surface area contributed by atoms with Crippen molar-refractivity contribution in [3.05, 3.63) is 23.9 Å². The van der Waals surface area contributed by atoms with Crippen LogP contribution in [-0.2, 0) is 25.5 Å². The number of aryl methyl sites for hydroxylation is 1. The Morgan fingerprint density at radius 2 is 1.88 bits per heavy atom. The molecule has 6 atom stereocenters. The number of nitrogens with zero attached hydrogens (tertiary/aromatic N) is 3. The van der Waals surface area contributed by atoms with Crippen molar-refractivity contribution >= 4 is 29.2 Å². The summed E-state index contributed by atoms with van der Waals surface area (Å²) in [5, 5.41) is 0. The van der Waals surface area contributed by atoms with Gasteiger partial charge in [-0.3, -0.25) is 9.59 Å². The zero-order valence-electron chi connectivity index (χ0n) is 23.6. The van der Waals surface area contributed by atoms with Crippen LogP contribution in [0.1, 0.15) is 65.0 Å². The molecule has 1 aromatic heterocycles. The smallest absolute Gasteiger partial charge is 0.306 e. The second-order valence-corrected chi connectivity index (χ2v) is 12.3. The topological polar surface area (TPSA) is 108 Å². The Balaban J connectivity index is 1.49. The van der Waals surface area contributed by atoms with Crippen molar-refractivity contribution in [1.82, 2.24) is 14.9 Å². The zero-order valence-corrected chi connectivity index (χ0v) is 23.6. The van der Waals surface area contributed by atoms with Crippen LogP contribution in [0.15, 0.2) is 18.2 Å². The molecular formula is C30H38FN3O6. The van der Waals surface area contributed by atoms with E-state index in [-0.39, 0.29) is 24.9 Å². The van der Waals surface area contributed by atoms with E-state index in [1.165, 1.54) is 4.90 Å². The van der Waals surface area contributed by atoms with Gasteiger partial charge in [0.05, 0.1) is 37.0 Å². The van der Waals surface area contributed by atoms with Crippen LogP contribution in [0, 0.1) is 17.3 Å². The highest BCUT2D eigenvalue weighted by Gasteiger charge is 2.50. The number of fused-ring (bicyclic) bond motifs is 5. The molecule has 10 heteroatoms. The third kappa shape index (κ3) is 5.90. The maximum absolute atomic E-state index is 15.7. The molecule has 2 aromatic rings. The molecule has 0 unspecified atom stereocenters. The number of benzene rings is 1. The highest BCUT2D eigenvalue weighted by Crippen LogP contribution is 2.40. The van der Waals surface area contributed by atoms with Crippen LogP contribution >= 0.6 is 0 Å². The number of rotatable bonds is 2. The average Bonchev–Trinajstić information content (AvgIpc) is 3.57. The van der Waals surface area contributed by atoms with Crippen LogP contribution in [0.4, 0.5) is 4.39 Å². The summed E-state index contributed by atoms with van der Waals surface area (Å²) >= 11 is 0. The number of ether oxygens (including phenoxy) is 3. The number of esters is 1. The number of halogens is 1. The van der Waals surface area contributed by atoms with Crippen molar-refractivity contribution in [2.24, 2.45) is 17.3 Å². The molecule has 0 radical (unpaired) electrons. The Kier molecular flexibility index (Phi) is 7.97. The molecule has 5 rings (SSSR count). The first kappa shape index (κ1) is 28.2. The van der Waals surface area contributed by atoms with E-state index >= 15 is 4.39 Å². The summed E-state index contributed by atoms with van der Waals surface area (Å²) in [6.07, 6.45) is 2.49. The van der Waals surface area contributed by atoms with Gasteiger partial charge in [0.25, 0.3) is 0 Å². The molecule has 2 bridgehead atoms. The summed E-state index contributed by atoms with van der Waals surface area (Å²) in [5.74, 6) is -0.529. The van der Waals surface area contributed by atoms with Gasteiger partial charge in [-0.2, -0.15) is 0 Å². The van der Waals surface area contributed by atoms with Crippen LogP contribution in [-0.4, -0.2) is 71.1 Å². The summed E-state index contributed by atoms with van der Waals surface area (Å²) in [6.45, 7) is 5.42. The van der Waals surface area contributed by atoms with E-state index < -0.39 is 41.5 Å². The third-order valence-corrected chi connectivity index (χ3v) is 8.35.